The highest BCUT2D eigenvalue weighted by atomic mass is 19.1. The Morgan fingerprint density at radius 1 is 1.12 bits per heavy atom. The van der Waals surface area contributed by atoms with Gasteiger partial charge < -0.3 is 19.1 Å². The molecule has 1 saturated heterocycles. The summed E-state index contributed by atoms with van der Waals surface area (Å²) in [7, 11) is 1.64. The fourth-order valence-corrected chi connectivity index (χ4v) is 4.87. The predicted molar refractivity (Wildman–Crippen MR) is 144 cm³/mol. The summed E-state index contributed by atoms with van der Waals surface area (Å²) in [4.78, 5) is 35.3. The molecule has 1 aromatic carbocycles. The Hall–Kier alpha value is -3.38. The average molecular weight is 579 g/mol. The van der Waals surface area contributed by atoms with E-state index in [1.807, 2.05) is 0 Å². The molecule has 1 aliphatic heterocycles. The van der Waals surface area contributed by atoms with Crippen LogP contribution >= 0.6 is 0 Å². The van der Waals surface area contributed by atoms with Gasteiger partial charge in [0.25, 0.3) is 0 Å². The molecule has 0 radical (unpaired) electrons. The van der Waals surface area contributed by atoms with Crippen molar-refractivity contribution in [1.29, 1.82) is 0 Å². The number of halogens is 3. The van der Waals surface area contributed by atoms with Crippen molar-refractivity contribution < 1.29 is 37.0 Å². The standard InChI is InChI=1S/C29H37F3N4O5/c1-29(2,3)41-28(38)36(17-25(37)35-10-8-34(9-11-35)12-13-39-4)24-16-21(24)22-14-20(30)15-23(31)26(22)40-18-19-6-5-7-33-27(19)32/h5-7,14-15,21,24H,8-13,16-18H2,1-4H3/t21-,24+/m0/s1. The zero-order valence-electron chi connectivity index (χ0n) is 23.9. The van der Waals surface area contributed by atoms with Crippen LogP contribution in [0.4, 0.5) is 18.0 Å². The van der Waals surface area contributed by atoms with Crippen molar-refractivity contribution in [2.75, 3.05) is 53.0 Å². The van der Waals surface area contributed by atoms with E-state index >= 15 is 0 Å². The third-order valence-electron chi connectivity index (χ3n) is 7.07. The first-order valence-electron chi connectivity index (χ1n) is 13.7. The number of hydrogen-bond donors (Lipinski definition) is 0. The van der Waals surface area contributed by atoms with Crippen molar-refractivity contribution >= 4 is 12.0 Å². The van der Waals surface area contributed by atoms with Crippen molar-refractivity contribution in [3.63, 3.8) is 0 Å². The van der Waals surface area contributed by atoms with Gasteiger partial charge >= 0.3 is 6.09 Å². The van der Waals surface area contributed by atoms with Crippen LogP contribution in [0.25, 0.3) is 0 Å². The second kappa shape index (κ2) is 13.1. The average Bonchev–Trinajstić information content (AvgIpc) is 3.70. The summed E-state index contributed by atoms with van der Waals surface area (Å²) in [5, 5.41) is 0. The largest absolute Gasteiger partial charge is 0.485 e. The molecular formula is C29H37F3N4O5. The first kappa shape index (κ1) is 30.6. The number of methoxy groups -OCH3 is 1. The van der Waals surface area contributed by atoms with Crippen LogP contribution in [0.3, 0.4) is 0 Å². The third-order valence-corrected chi connectivity index (χ3v) is 7.07. The van der Waals surface area contributed by atoms with E-state index in [0.717, 1.165) is 12.6 Å². The number of nitrogens with zero attached hydrogens (tertiary/aromatic N) is 4. The molecule has 2 aliphatic rings. The van der Waals surface area contributed by atoms with Gasteiger partial charge in [-0.05, 0) is 45.4 Å². The molecule has 0 spiro atoms. The topological polar surface area (TPSA) is 84.4 Å². The lowest BCUT2D eigenvalue weighted by Crippen LogP contribution is -2.53. The van der Waals surface area contributed by atoms with Gasteiger partial charge in [0, 0.05) is 75.2 Å². The van der Waals surface area contributed by atoms with E-state index in [-0.39, 0.29) is 35.9 Å². The monoisotopic (exact) mass is 578 g/mol. The second-order valence-corrected chi connectivity index (χ2v) is 11.3. The Morgan fingerprint density at radius 2 is 1.85 bits per heavy atom. The molecule has 2 amide bonds. The van der Waals surface area contributed by atoms with E-state index in [0.29, 0.717) is 45.3 Å². The predicted octanol–water partition coefficient (Wildman–Crippen LogP) is 3.96. The molecular weight excluding hydrogens is 541 g/mol. The first-order valence-corrected chi connectivity index (χ1v) is 13.7. The Balaban J connectivity index is 1.50. The smallest absolute Gasteiger partial charge is 0.411 e. The Bertz CT molecular complexity index is 1230. The van der Waals surface area contributed by atoms with Gasteiger partial charge in [-0.3, -0.25) is 14.6 Å². The minimum Gasteiger partial charge on any atom is -0.485 e. The highest BCUT2D eigenvalue weighted by Crippen LogP contribution is 2.49. The molecule has 0 unspecified atom stereocenters. The molecule has 1 aliphatic carbocycles. The van der Waals surface area contributed by atoms with Crippen LogP contribution in [0, 0.1) is 17.6 Å². The third kappa shape index (κ3) is 8.10. The number of amides is 2. The maximum absolute atomic E-state index is 14.9. The molecule has 224 valence electrons. The van der Waals surface area contributed by atoms with Crippen LogP contribution in [0.1, 0.15) is 44.2 Å². The molecule has 2 aromatic rings. The Labute approximate surface area is 238 Å². The molecule has 2 atom stereocenters. The number of carbonyl (C=O) groups excluding carboxylic acids is 2. The number of carbonyl (C=O) groups is 2. The molecule has 1 saturated carbocycles. The fraction of sp³-hybridized carbons (Fsp3) is 0.552. The lowest BCUT2D eigenvalue weighted by Gasteiger charge is -2.36. The molecule has 12 heteroatoms. The highest BCUT2D eigenvalue weighted by Gasteiger charge is 2.49. The second-order valence-electron chi connectivity index (χ2n) is 11.3. The number of piperazine rings is 1. The molecule has 1 aromatic heterocycles. The summed E-state index contributed by atoms with van der Waals surface area (Å²) in [6.07, 6.45) is 0.942. The summed E-state index contributed by atoms with van der Waals surface area (Å²) >= 11 is 0. The number of benzene rings is 1. The van der Waals surface area contributed by atoms with Crippen LogP contribution in [-0.2, 0) is 20.9 Å². The minimum absolute atomic E-state index is 0.109. The van der Waals surface area contributed by atoms with Gasteiger partial charge in [-0.1, -0.05) is 0 Å². The first-order chi connectivity index (χ1) is 19.5. The van der Waals surface area contributed by atoms with Crippen LogP contribution in [0.5, 0.6) is 5.75 Å². The molecule has 0 N–H and O–H groups in total. The van der Waals surface area contributed by atoms with Crippen molar-refractivity contribution in [1.82, 2.24) is 19.7 Å². The van der Waals surface area contributed by atoms with Gasteiger partial charge in [-0.15, -0.1) is 0 Å². The Morgan fingerprint density at radius 3 is 2.51 bits per heavy atom. The number of ether oxygens (including phenoxy) is 3. The van der Waals surface area contributed by atoms with E-state index in [1.165, 1.54) is 23.2 Å². The van der Waals surface area contributed by atoms with Crippen molar-refractivity contribution in [2.24, 2.45) is 0 Å². The quantitative estimate of drug-likeness (QED) is 0.395. The Kier molecular flexibility index (Phi) is 9.75. The molecule has 2 fully saturated rings. The summed E-state index contributed by atoms with van der Waals surface area (Å²) in [6.45, 7) is 8.39. The molecule has 4 rings (SSSR count). The summed E-state index contributed by atoms with van der Waals surface area (Å²) in [5.41, 5.74) is -0.509. The molecule has 0 bridgehead atoms. The van der Waals surface area contributed by atoms with Gasteiger partial charge in [0.1, 0.15) is 24.6 Å². The van der Waals surface area contributed by atoms with Crippen LogP contribution in [-0.4, -0.2) is 96.3 Å². The maximum atomic E-state index is 14.9. The lowest BCUT2D eigenvalue weighted by molar-refractivity contribution is -0.134. The number of rotatable bonds is 10. The molecule has 2 heterocycles. The minimum atomic E-state index is -0.943. The zero-order valence-corrected chi connectivity index (χ0v) is 23.9. The molecule has 41 heavy (non-hydrogen) atoms. The van der Waals surface area contributed by atoms with Crippen molar-refractivity contribution in [3.05, 3.63) is 59.2 Å². The van der Waals surface area contributed by atoms with Crippen LogP contribution in [0.15, 0.2) is 30.5 Å². The van der Waals surface area contributed by atoms with Crippen LogP contribution < -0.4 is 4.74 Å². The van der Waals surface area contributed by atoms with E-state index in [4.69, 9.17) is 14.2 Å². The summed E-state index contributed by atoms with van der Waals surface area (Å²) in [5.74, 6) is -3.49. The number of hydrogen-bond acceptors (Lipinski definition) is 7. The van der Waals surface area contributed by atoms with Gasteiger partial charge in [-0.2, -0.15) is 4.39 Å². The van der Waals surface area contributed by atoms with Crippen molar-refractivity contribution in [3.8, 4) is 5.75 Å². The maximum Gasteiger partial charge on any atom is 0.411 e. The highest BCUT2D eigenvalue weighted by molar-refractivity contribution is 5.83. The van der Waals surface area contributed by atoms with Gasteiger partial charge in [0.15, 0.2) is 11.6 Å². The van der Waals surface area contributed by atoms with Gasteiger partial charge in [0.05, 0.1) is 6.61 Å². The van der Waals surface area contributed by atoms with Crippen LogP contribution in [0.2, 0.25) is 0 Å². The normalized spacial score (nSPS) is 19.1. The fourth-order valence-electron chi connectivity index (χ4n) is 4.87. The summed E-state index contributed by atoms with van der Waals surface area (Å²) < 4.78 is 59.7. The van der Waals surface area contributed by atoms with Gasteiger partial charge in [0.2, 0.25) is 11.9 Å². The van der Waals surface area contributed by atoms with E-state index in [2.05, 4.69) is 9.88 Å². The number of aromatic nitrogens is 1. The molecule has 9 nitrogen and oxygen atoms in total. The lowest BCUT2D eigenvalue weighted by atomic mass is 10.1. The zero-order chi connectivity index (χ0) is 29.7. The van der Waals surface area contributed by atoms with Crippen molar-refractivity contribution in [2.45, 2.75) is 51.4 Å². The summed E-state index contributed by atoms with van der Waals surface area (Å²) in [6, 6.07) is 4.27. The van der Waals surface area contributed by atoms with E-state index < -0.39 is 41.2 Å². The van der Waals surface area contributed by atoms with E-state index in [9.17, 15) is 22.8 Å². The number of pyridine rings is 1. The van der Waals surface area contributed by atoms with E-state index in [1.54, 1.807) is 32.8 Å². The SMILES string of the molecule is COCCN1CCN(C(=O)CN(C(=O)OC(C)(C)C)[C@@H]2C[C@H]2c2cc(F)cc(F)c2OCc2cccnc2F)CC1. The van der Waals surface area contributed by atoms with Gasteiger partial charge in [-0.25, -0.2) is 18.6 Å².